The van der Waals surface area contributed by atoms with E-state index < -0.39 is 23.9 Å². The van der Waals surface area contributed by atoms with Gasteiger partial charge in [0.2, 0.25) is 6.79 Å². The minimum Gasteiger partial charge on any atom is -0.458 e. The highest BCUT2D eigenvalue weighted by Crippen LogP contribution is 2.25. The molecule has 42 heavy (non-hydrogen) atoms. The Kier molecular flexibility index (Phi) is 12.1. The minimum atomic E-state index is -0.571. The highest BCUT2D eigenvalue weighted by Gasteiger charge is 2.12. The van der Waals surface area contributed by atoms with Crippen molar-refractivity contribution < 1.29 is 42.9 Å². The van der Waals surface area contributed by atoms with Gasteiger partial charge in [0, 0.05) is 25.0 Å². The minimum absolute atomic E-state index is 0.153. The molecule has 3 rings (SSSR count). The van der Waals surface area contributed by atoms with Crippen LogP contribution in [-0.2, 0) is 48.1 Å². The van der Waals surface area contributed by atoms with Crippen LogP contribution < -0.4 is 14.2 Å². The molecule has 3 aromatic rings. The van der Waals surface area contributed by atoms with Crippen LogP contribution in [0, 0.1) is 6.92 Å². The zero-order valence-electron chi connectivity index (χ0n) is 23.3. The van der Waals surface area contributed by atoms with Crippen LogP contribution in [0.4, 0.5) is 0 Å². The van der Waals surface area contributed by atoms with Crippen LogP contribution in [0.1, 0.15) is 35.1 Å². The molecular formula is C33H32O9. The Labute approximate surface area is 244 Å². The van der Waals surface area contributed by atoms with Crippen molar-refractivity contribution in [1.82, 2.24) is 0 Å². The molecule has 0 spiro atoms. The molecule has 0 heterocycles. The maximum absolute atomic E-state index is 12.4. The first-order valence-electron chi connectivity index (χ1n) is 13.2. The van der Waals surface area contributed by atoms with Crippen LogP contribution >= 0.6 is 0 Å². The second-order valence-electron chi connectivity index (χ2n) is 9.08. The summed E-state index contributed by atoms with van der Waals surface area (Å²) in [5, 5.41) is 0. The van der Waals surface area contributed by atoms with E-state index in [1.54, 1.807) is 37.3 Å². The predicted octanol–water partition coefficient (Wildman–Crippen LogP) is 5.37. The average Bonchev–Trinajstić information content (AvgIpc) is 3.00. The molecule has 0 radical (unpaired) electrons. The molecule has 0 fully saturated rings. The summed E-state index contributed by atoms with van der Waals surface area (Å²) < 4.78 is 26.0. The molecule has 0 aliphatic heterocycles. The molecule has 0 aliphatic rings. The van der Waals surface area contributed by atoms with Crippen molar-refractivity contribution in [2.75, 3.05) is 6.79 Å². The quantitative estimate of drug-likeness (QED) is 0.103. The molecule has 0 aliphatic carbocycles. The zero-order valence-corrected chi connectivity index (χ0v) is 23.3. The van der Waals surface area contributed by atoms with E-state index in [2.05, 4.69) is 13.2 Å². The third kappa shape index (κ3) is 10.8. The normalized spacial score (nSPS) is 10.2. The summed E-state index contributed by atoms with van der Waals surface area (Å²) in [6, 6.07) is 19.3. The van der Waals surface area contributed by atoms with Crippen LogP contribution in [0.15, 0.2) is 92.0 Å². The third-order valence-corrected chi connectivity index (χ3v) is 5.93. The first-order chi connectivity index (χ1) is 20.2. The van der Waals surface area contributed by atoms with E-state index in [0.29, 0.717) is 35.7 Å². The molecule has 0 amide bonds. The predicted molar refractivity (Wildman–Crippen MR) is 154 cm³/mol. The van der Waals surface area contributed by atoms with Crippen molar-refractivity contribution in [1.29, 1.82) is 0 Å². The maximum Gasteiger partial charge on any atom is 0.333 e. The van der Waals surface area contributed by atoms with Gasteiger partial charge in [-0.15, -0.1) is 0 Å². The van der Waals surface area contributed by atoms with Gasteiger partial charge in [-0.2, -0.15) is 0 Å². The summed E-state index contributed by atoms with van der Waals surface area (Å²) in [5.41, 5.74) is 3.34. The summed E-state index contributed by atoms with van der Waals surface area (Å²) in [7, 11) is 0. The largest absolute Gasteiger partial charge is 0.458 e. The molecule has 9 heteroatoms. The van der Waals surface area contributed by atoms with Gasteiger partial charge in [0.25, 0.3) is 0 Å². The Bertz CT molecular complexity index is 1410. The number of benzene rings is 3. The second-order valence-corrected chi connectivity index (χ2v) is 9.08. The lowest BCUT2D eigenvalue weighted by Gasteiger charge is -2.10. The fraction of sp³-hybridized carbons (Fsp3) is 0.212. The Morgan fingerprint density at radius 1 is 0.667 bits per heavy atom. The number of ether oxygens (including phenoxy) is 5. The van der Waals surface area contributed by atoms with Gasteiger partial charge in [-0.25, -0.2) is 9.59 Å². The lowest BCUT2D eigenvalue weighted by molar-refractivity contribution is -0.144. The number of aryl methyl sites for hydroxylation is 3. The van der Waals surface area contributed by atoms with Crippen molar-refractivity contribution >= 4 is 23.9 Å². The highest BCUT2D eigenvalue weighted by molar-refractivity contribution is 5.81. The molecule has 0 unspecified atom stereocenters. The fourth-order valence-electron chi connectivity index (χ4n) is 3.63. The van der Waals surface area contributed by atoms with Gasteiger partial charge in [-0.3, -0.25) is 9.59 Å². The Morgan fingerprint density at radius 3 is 1.79 bits per heavy atom. The van der Waals surface area contributed by atoms with Gasteiger partial charge in [0.1, 0.15) is 23.9 Å². The average molecular weight is 573 g/mol. The van der Waals surface area contributed by atoms with E-state index in [-0.39, 0.29) is 26.2 Å². The Hall–Kier alpha value is -5.18. The van der Waals surface area contributed by atoms with Crippen LogP contribution in [0.2, 0.25) is 0 Å². The molecule has 0 aromatic heterocycles. The topological polar surface area (TPSA) is 114 Å². The zero-order chi connectivity index (χ0) is 30.3. The highest BCUT2D eigenvalue weighted by atomic mass is 16.7. The van der Waals surface area contributed by atoms with E-state index >= 15 is 0 Å². The summed E-state index contributed by atoms with van der Waals surface area (Å²) >= 11 is 0. The van der Waals surface area contributed by atoms with E-state index in [1.807, 2.05) is 36.4 Å². The van der Waals surface area contributed by atoms with Gasteiger partial charge in [-0.05, 0) is 72.4 Å². The molecule has 218 valence electrons. The molecule has 0 bridgehead atoms. The Balaban J connectivity index is 1.40. The van der Waals surface area contributed by atoms with Crippen LogP contribution in [0.3, 0.4) is 0 Å². The fourth-order valence-corrected chi connectivity index (χ4v) is 3.63. The molecular weight excluding hydrogens is 540 g/mol. The lowest BCUT2D eigenvalue weighted by atomic mass is 10.1. The summed E-state index contributed by atoms with van der Waals surface area (Å²) in [4.78, 5) is 47.0. The van der Waals surface area contributed by atoms with E-state index in [9.17, 15) is 19.2 Å². The van der Waals surface area contributed by atoms with E-state index in [4.69, 9.17) is 23.7 Å². The number of carbonyl (C=O) groups excluding carboxylic acids is 4. The first kappa shape index (κ1) is 31.3. The van der Waals surface area contributed by atoms with Crippen LogP contribution in [-0.4, -0.2) is 30.7 Å². The molecule has 9 nitrogen and oxygen atoms in total. The van der Waals surface area contributed by atoms with Crippen molar-refractivity contribution in [3.8, 4) is 17.2 Å². The monoisotopic (exact) mass is 572 g/mol. The van der Waals surface area contributed by atoms with Crippen LogP contribution in [0.25, 0.3) is 0 Å². The second kappa shape index (κ2) is 16.2. The van der Waals surface area contributed by atoms with E-state index in [0.717, 1.165) is 28.8 Å². The Morgan fingerprint density at radius 2 is 1.19 bits per heavy atom. The SMILES string of the molecule is C=CC(=O)OCOc1ccc(CCC(=O)Oc2ccc(OC(=O)CCc3ccc(COC(=O)C=C)cc3)cc2C)cc1. The number of hydrogen-bond donors (Lipinski definition) is 0. The van der Waals surface area contributed by atoms with Gasteiger partial charge in [0.05, 0.1) is 0 Å². The van der Waals surface area contributed by atoms with Crippen LogP contribution in [0.5, 0.6) is 17.2 Å². The first-order valence-corrected chi connectivity index (χ1v) is 13.2. The molecule has 0 atom stereocenters. The summed E-state index contributed by atoms with van der Waals surface area (Å²) in [5.74, 6) is -0.579. The standard InChI is InChI=1S/C33H32O9/c1-4-30(34)38-21-26-8-6-24(7-9-26)12-18-32(36)41-28-16-17-29(23(3)20-28)42-33(37)19-13-25-10-14-27(15-11-25)39-22-40-31(35)5-2/h4-11,14-17,20H,1-2,12-13,18-19,21-22H2,3H3. The molecule has 0 saturated carbocycles. The van der Waals surface area contributed by atoms with Gasteiger partial charge >= 0.3 is 23.9 Å². The number of hydrogen-bond acceptors (Lipinski definition) is 9. The summed E-state index contributed by atoms with van der Waals surface area (Å²) in [6.07, 6.45) is 3.45. The van der Waals surface area contributed by atoms with E-state index in [1.165, 1.54) is 0 Å². The third-order valence-electron chi connectivity index (χ3n) is 5.93. The molecule has 3 aromatic carbocycles. The van der Waals surface area contributed by atoms with Crippen molar-refractivity contribution in [2.45, 2.75) is 39.2 Å². The number of carbonyl (C=O) groups is 4. The van der Waals surface area contributed by atoms with Gasteiger partial charge < -0.3 is 23.7 Å². The van der Waals surface area contributed by atoms with Crippen molar-refractivity contribution in [3.63, 3.8) is 0 Å². The summed E-state index contributed by atoms with van der Waals surface area (Å²) in [6.45, 7) is 8.36. The molecule has 0 N–H and O–H groups in total. The maximum atomic E-state index is 12.4. The van der Waals surface area contributed by atoms with Gasteiger partial charge in [-0.1, -0.05) is 49.6 Å². The number of esters is 4. The van der Waals surface area contributed by atoms with Crippen molar-refractivity contribution in [2.24, 2.45) is 0 Å². The smallest absolute Gasteiger partial charge is 0.333 e. The van der Waals surface area contributed by atoms with Gasteiger partial charge in [0.15, 0.2) is 0 Å². The van der Waals surface area contributed by atoms with Crippen molar-refractivity contribution in [3.05, 3.63) is 114 Å². The lowest BCUT2D eigenvalue weighted by Crippen LogP contribution is -2.11. The number of rotatable bonds is 15. The molecule has 0 saturated heterocycles.